The van der Waals surface area contributed by atoms with Crippen LogP contribution in [-0.2, 0) is 10.0 Å². The molecule has 3 N–H and O–H groups in total. The molecule has 0 saturated heterocycles. The lowest BCUT2D eigenvalue weighted by molar-refractivity contribution is 0.0698. The van der Waals surface area contributed by atoms with Gasteiger partial charge in [0.1, 0.15) is 0 Å². The first-order chi connectivity index (χ1) is 10.2. The molecule has 2 aromatic rings. The van der Waals surface area contributed by atoms with Crippen LogP contribution in [0.4, 0.5) is 5.69 Å². The van der Waals surface area contributed by atoms with Crippen LogP contribution in [0.1, 0.15) is 30.1 Å². The fourth-order valence-corrected chi connectivity index (χ4v) is 3.55. The van der Waals surface area contributed by atoms with E-state index in [1.807, 2.05) is 0 Å². The highest BCUT2D eigenvalue weighted by Gasteiger charge is 2.50. The molecule has 3 rings (SSSR count). The fraction of sp³-hybridized carbons (Fsp3) is 0.286. The van der Waals surface area contributed by atoms with Crippen molar-refractivity contribution in [3.8, 4) is 0 Å². The van der Waals surface area contributed by atoms with Gasteiger partial charge in [0.15, 0.2) is 0 Å². The number of aromatic nitrogens is 1. The standard InChI is InChI=1S/C14H14N2O5S/c1-14(4-5-14)22(20,21)16-8-2-3-9-10(6-8)12(17)15-7-11(9)13(18)19/h2-3,6-7,16H,4-5H2,1H3,(H,15,17)(H,18,19). The van der Waals surface area contributed by atoms with Gasteiger partial charge < -0.3 is 10.1 Å². The maximum atomic E-state index is 12.2. The Kier molecular flexibility index (Phi) is 3.03. The van der Waals surface area contributed by atoms with Crippen molar-refractivity contribution < 1.29 is 18.3 Å². The Morgan fingerprint density at radius 3 is 2.59 bits per heavy atom. The lowest BCUT2D eigenvalue weighted by atomic mass is 10.1. The number of nitrogens with one attached hydrogen (secondary N) is 2. The van der Waals surface area contributed by atoms with Crippen molar-refractivity contribution >= 4 is 32.5 Å². The zero-order chi connectivity index (χ0) is 16.1. The second-order valence-corrected chi connectivity index (χ2v) is 7.85. The molecule has 1 aliphatic carbocycles. The van der Waals surface area contributed by atoms with E-state index in [9.17, 15) is 18.0 Å². The molecule has 1 aromatic heterocycles. The number of hydrogen-bond donors (Lipinski definition) is 3. The zero-order valence-electron chi connectivity index (χ0n) is 11.7. The molecule has 0 unspecified atom stereocenters. The highest BCUT2D eigenvalue weighted by molar-refractivity contribution is 7.94. The number of carbonyl (C=O) groups is 1. The van der Waals surface area contributed by atoms with Crippen molar-refractivity contribution in [2.75, 3.05) is 4.72 Å². The average Bonchev–Trinajstić information content (AvgIpc) is 3.19. The maximum Gasteiger partial charge on any atom is 0.337 e. The van der Waals surface area contributed by atoms with Crippen LogP contribution in [0.5, 0.6) is 0 Å². The van der Waals surface area contributed by atoms with Gasteiger partial charge in [-0.2, -0.15) is 0 Å². The minimum Gasteiger partial charge on any atom is -0.478 e. The number of pyridine rings is 1. The van der Waals surface area contributed by atoms with Crippen LogP contribution in [0.15, 0.2) is 29.2 Å². The van der Waals surface area contributed by atoms with Crippen molar-refractivity contribution in [1.29, 1.82) is 0 Å². The summed E-state index contributed by atoms with van der Waals surface area (Å²) in [6, 6.07) is 4.24. The van der Waals surface area contributed by atoms with Gasteiger partial charge in [0.25, 0.3) is 5.56 Å². The molecule has 0 amide bonds. The SMILES string of the molecule is CC1(S(=O)(=O)Nc2ccc3c(C(=O)O)c[nH]c(=O)c3c2)CC1. The van der Waals surface area contributed by atoms with E-state index >= 15 is 0 Å². The summed E-state index contributed by atoms with van der Waals surface area (Å²) < 4.78 is 26.1. The van der Waals surface area contributed by atoms with E-state index in [-0.39, 0.29) is 22.0 Å². The summed E-state index contributed by atoms with van der Waals surface area (Å²) in [5, 5.41) is 9.50. The normalized spacial score (nSPS) is 16.4. The number of carboxylic acid groups (broad SMARTS) is 1. The molecule has 7 nitrogen and oxygen atoms in total. The number of hydrogen-bond acceptors (Lipinski definition) is 4. The predicted molar refractivity (Wildman–Crippen MR) is 81.7 cm³/mol. The minimum atomic E-state index is -3.53. The third-order valence-corrected chi connectivity index (χ3v) is 6.20. The molecule has 8 heteroatoms. The van der Waals surface area contributed by atoms with E-state index in [0.717, 1.165) is 6.20 Å². The first-order valence-electron chi connectivity index (χ1n) is 6.65. The van der Waals surface area contributed by atoms with Crippen molar-refractivity contribution in [2.45, 2.75) is 24.5 Å². The third kappa shape index (κ3) is 2.25. The highest BCUT2D eigenvalue weighted by atomic mass is 32.2. The highest BCUT2D eigenvalue weighted by Crippen LogP contribution is 2.43. The Hall–Kier alpha value is -2.35. The number of aromatic carboxylic acids is 1. The van der Waals surface area contributed by atoms with E-state index < -0.39 is 26.3 Å². The summed E-state index contributed by atoms with van der Waals surface area (Å²) in [6.45, 7) is 1.66. The molecule has 1 saturated carbocycles. The molecule has 116 valence electrons. The lowest BCUT2D eigenvalue weighted by Gasteiger charge is -2.13. The Bertz CT molecular complexity index is 941. The molecule has 0 bridgehead atoms. The van der Waals surface area contributed by atoms with Crippen LogP contribution in [0.25, 0.3) is 10.8 Å². The van der Waals surface area contributed by atoms with Gasteiger partial charge in [-0.25, -0.2) is 13.2 Å². The lowest BCUT2D eigenvalue weighted by Crippen LogP contribution is -2.26. The maximum absolute atomic E-state index is 12.2. The fourth-order valence-electron chi connectivity index (χ4n) is 2.22. The monoisotopic (exact) mass is 322 g/mol. The van der Waals surface area contributed by atoms with E-state index in [1.165, 1.54) is 18.2 Å². The second-order valence-electron chi connectivity index (χ2n) is 5.65. The van der Waals surface area contributed by atoms with Gasteiger partial charge in [-0.3, -0.25) is 9.52 Å². The summed E-state index contributed by atoms with van der Waals surface area (Å²) in [5.41, 5.74) is -0.273. The number of aromatic amines is 1. The predicted octanol–water partition coefficient (Wildman–Crippen LogP) is 1.52. The van der Waals surface area contributed by atoms with Gasteiger partial charge in [-0.1, -0.05) is 6.07 Å². The molecule has 0 radical (unpaired) electrons. The van der Waals surface area contributed by atoms with Crippen molar-refractivity contribution in [3.63, 3.8) is 0 Å². The number of sulfonamides is 1. The molecule has 1 fully saturated rings. The Morgan fingerprint density at radius 2 is 2.00 bits per heavy atom. The smallest absolute Gasteiger partial charge is 0.337 e. The topological polar surface area (TPSA) is 116 Å². The molecular formula is C14H14N2O5S. The van der Waals surface area contributed by atoms with Crippen LogP contribution >= 0.6 is 0 Å². The third-order valence-electron chi connectivity index (χ3n) is 3.99. The van der Waals surface area contributed by atoms with Gasteiger partial charge in [0, 0.05) is 22.7 Å². The summed E-state index contributed by atoms with van der Waals surface area (Å²) in [7, 11) is -3.53. The van der Waals surface area contributed by atoms with Crippen molar-refractivity contribution in [2.24, 2.45) is 0 Å². The average molecular weight is 322 g/mol. The first-order valence-corrected chi connectivity index (χ1v) is 8.13. The Labute approximate surface area is 126 Å². The largest absolute Gasteiger partial charge is 0.478 e. The Morgan fingerprint density at radius 1 is 1.32 bits per heavy atom. The number of fused-ring (bicyclic) bond motifs is 1. The quantitative estimate of drug-likeness (QED) is 0.789. The van der Waals surface area contributed by atoms with E-state index in [0.29, 0.717) is 12.8 Å². The number of carboxylic acids is 1. The summed E-state index contributed by atoms with van der Waals surface area (Å²) in [6.07, 6.45) is 2.32. The molecular weight excluding hydrogens is 308 g/mol. The molecule has 1 heterocycles. The molecule has 0 spiro atoms. The molecule has 1 aliphatic rings. The van der Waals surface area contributed by atoms with Gasteiger partial charge >= 0.3 is 5.97 Å². The van der Waals surface area contributed by atoms with Crippen LogP contribution < -0.4 is 10.3 Å². The van der Waals surface area contributed by atoms with Gasteiger partial charge in [0.2, 0.25) is 10.0 Å². The first kappa shape index (κ1) is 14.6. The van der Waals surface area contributed by atoms with Gasteiger partial charge in [-0.05, 0) is 31.9 Å². The van der Waals surface area contributed by atoms with Crippen LogP contribution in [0.2, 0.25) is 0 Å². The summed E-state index contributed by atoms with van der Waals surface area (Å²) in [4.78, 5) is 25.3. The van der Waals surface area contributed by atoms with Crippen LogP contribution in [0, 0.1) is 0 Å². The molecule has 1 aromatic carbocycles. The molecule has 22 heavy (non-hydrogen) atoms. The number of benzene rings is 1. The van der Waals surface area contributed by atoms with E-state index in [1.54, 1.807) is 6.92 Å². The summed E-state index contributed by atoms with van der Waals surface area (Å²) in [5.74, 6) is -1.17. The van der Waals surface area contributed by atoms with Crippen molar-refractivity contribution in [3.05, 3.63) is 40.3 Å². The number of H-pyrrole nitrogens is 1. The van der Waals surface area contributed by atoms with Gasteiger partial charge in [-0.15, -0.1) is 0 Å². The van der Waals surface area contributed by atoms with Crippen LogP contribution in [0.3, 0.4) is 0 Å². The Balaban J connectivity index is 2.09. The zero-order valence-corrected chi connectivity index (χ0v) is 12.5. The van der Waals surface area contributed by atoms with Gasteiger partial charge in [0.05, 0.1) is 10.3 Å². The van der Waals surface area contributed by atoms with Crippen LogP contribution in [-0.4, -0.2) is 29.2 Å². The molecule has 0 aliphatic heterocycles. The second kappa shape index (κ2) is 4.57. The molecule has 0 atom stereocenters. The van der Waals surface area contributed by atoms with E-state index in [2.05, 4.69) is 9.71 Å². The number of anilines is 1. The van der Waals surface area contributed by atoms with E-state index in [4.69, 9.17) is 5.11 Å². The minimum absolute atomic E-state index is 0.0434. The summed E-state index contributed by atoms with van der Waals surface area (Å²) >= 11 is 0. The van der Waals surface area contributed by atoms with Crippen molar-refractivity contribution in [1.82, 2.24) is 4.98 Å². The number of rotatable bonds is 4.